The summed E-state index contributed by atoms with van der Waals surface area (Å²) in [5.74, 6) is 0.910. The predicted molar refractivity (Wildman–Crippen MR) is 87.4 cm³/mol. The van der Waals surface area contributed by atoms with Crippen molar-refractivity contribution in [3.05, 3.63) is 65.7 Å². The van der Waals surface area contributed by atoms with Gasteiger partial charge in [0.25, 0.3) is 0 Å². The molecule has 0 radical (unpaired) electrons. The van der Waals surface area contributed by atoms with Gasteiger partial charge in [0.15, 0.2) is 0 Å². The lowest BCUT2D eigenvalue weighted by Crippen LogP contribution is -2.33. The Balaban J connectivity index is 1.64. The third-order valence-electron chi connectivity index (χ3n) is 4.65. The molecule has 0 aromatic heterocycles. The molecule has 1 unspecified atom stereocenters. The van der Waals surface area contributed by atoms with Gasteiger partial charge in [-0.05, 0) is 36.0 Å². The van der Waals surface area contributed by atoms with Crippen LogP contribution in [0, 0.1) is 5.92 Å². The van der Waals surface area contributed by atoms with Gasteiger partial charge in [-0.3, -0.25) is 0 Å². The maximum Gasteiger partial charge on any atom is 0.0500 e. The molecular weight excluding hydrogens is 256 g/mol. The van der Waals surface area contributed by atoms with E-state index in [1.807, 2.05) is 0 Å². The van der Waals surface area contributed by atoms with Crippen LogP contribution in [-0.2, 0) is 6.54 Å². The molecule has 21 heavy (non-hydrogen) atoms. The summed E-state index contributed by atoms with van der Waals surface area (Å²) in [5.41, 5.74) is 4.25. The standard InChI is InChI=1S/C19H22N2/c1-2-6-16(7-3-1)18-14-21(13-15-10-11-15)19-9-5-4-8-17(19)12-20-18/h1-9,15,18,20H,10-14H2. The fraction of sp³-hybridized carbons (Fsp3) is 0.368. The normalized spacial score (nSPS) is 21.7. The van der Waals surface area contributed by atoms with Crippen LogP contribution in [-0.4, -0.2) is 13.1 Å². The third kappa shape index (κ3) is 2.81. The van der Waals surface area contributed by atoms with E-state index >= 15 is 0 Å². The predicted octanol–water partition coefficient (Wildman–Crippen LogP) is 3.75. The van der Waals surface area contributed by atoms with Gasteiger partial charge in [0.2, 0.25) is 0 Å². The average molecular weight is 278 g/mol. The van der Waals surface area contributed by atoms with Crippen LogP contribution in [0.1, 0.15) is 30.0 Å². The van der Waals surface area contributed by atoms with Crippen molar-refractivity contribution in [1.29, 1.82) is 0 Å². The summed E-state index contributed by atoms with van der Waals surface area (Å²) in [6.07, 6.45) is 2.81. The molecular formula is C19H22N2. The van der Waals surface area contributed by atoms with Crippen LogP contribution in [0.4, 0.5) is 5.69 Å². The molecule has 2 aromatic rings. The number of para-hydroxylation sites is 1. The second kappa shape index (κ2) is 5.53. The van der Waals surface area contributed by atoms with Gasteiger partial charge < -0.3 is 10.2 Å². The first-order chi connectivity index (χ1) is 10.4. The van der Waals surface area contributed by atoms with E-state index in [1.165, 1.54) is 36.2 Å². The zero-order valence-electron chi connectivity index (χ0n) is 12.3. The number of benzene rings is 2. The molecule has 2 aliphatic rings. The summed E-state index contributed by atoms with van der Waals surface area (Å²) in [6, 6.07) is 20.1. The van der Waals surface area contributed by atoms with Gasteiger partial charge in [-0.2, -0.15) is 0 Å². The molecule has 1 saturated carbocycles. The van der Waals surface area contributed by atoms with Crippen molar-refractivity contribution in [1.82, 2.24) is 5.32 Å². The van der Waals surface area contributed by atoms with E-state index in [0.29, 0.717) is 6.04 Å². The molecule has 2 aromatic carbocycles. The Bertz CT molecular complexity index is 604. The molecule has 2 nitrogen and oxygen atoms in total. The summed E-state index contributed by atoms with van der Waals surface area (Å²) >= 11 is 0. The number of fused-ring (bicyclic) bond motifs is 1. The van der Waals surface area contributed by atoms with Crippen molar-refractivity contribution in [3.63, 3.8) is 0 Å². The van der Waals surface area contributed by atoms with Crippen LogP contribution in [0.2, 0.25) is 0 Å². The Labute approximate surface area is 126 Å². The van der Waals surface area contributed by atoms with E-state index in [2.05, 4.69) is 64.8 Å². The Morgan fingerprint density at radius 1 is 0.952 bits per heavy atom. The molecule has 2 heteroatoms. The maximum atomic E-state index is 3.74. The smallest absolute Gasteiger partial charge is 0.0500 e. The van der Waals surface area contributed by atoms with E-state index in [9.17, 15) is 0 Å². The Morgan fingerprint density at radius 3 is 2.52 bits per heavy atom. The Hall–Kier alpha value is -1.80. The minimum absolute atomic E-state index is 0.414. The number of nitrogens with zero attached hydrogens (tertiary/aromatic N) is 1. The minimum atomic E-state index is 0.414. The van der Waals surface area contributed by atoms with Gasteiger partial charge >= 0.3 is 0 Å². The molecule has 1 aliphatic carbocycles. The van der Waals surface area contributed by atoms with Crippen molar-refractivity contribution < 1.29 is 0 Å². The highest BCUT2D eigenvalue weighted by Gasteiger charge is 2.28. The molecule has 0 amide bonds. The first-order valence-electron chi connectivity index (χ1n) is 8.01. The van der Waals surface area contributed by atoms with Crippen molar-refractivity contribution >= 4 is 5.69 Å². The van der Waals surface area contributed by atoms with Crippen LogP contribution in [0.3, 0.4) is 0 Å². The second-order valence-electron chi connectivity index (χ2n) is 6.32. The highest BCUT2D eigenvalue weighted by atomic mass is 15.2. The van der Waals surface area contributed by atoms with Crippen LogP contribution >= 0.6 is 0 Å². The average Bonchev–Trinajstić information content (AvgIpc) is 3.36. The SMILES string of the molecule is c1ccc(C2CN(CC3CC3)c3ccccc3CN2)cc1. The number of hydrogen-bond acceptors (Lipinski definition) is 2. The summed E-state index contributed by atoms with van der Waals surface area (Å²) in [7, 11) is 0. The summed E-state index contributed by atoms with van der Waals surface area (Å²) < 4.78 is 0. The van der Waals surface area contributed by atoms with Gasteiger partial charge in [0.05, 0.1) is 6.04 Å². The van der Waals surface area contributed by atoms with Gasteiger partial charge in [0.1, 0.15) is 0 Å². The van der Waals surface area contributed by atoms with Crippen LogP contribution < -0.4 is 10.2 Å². The molecule has 4 rings (SSSR count). The lowest BCUT2D eigenvalue weighted by Gasteiger charge is -2.28. The Morgan fingerprint density at radius 2 is 1.71 bits per heavy atom. The third-order valence-corrected chi connectivity index (χ3v) is 4.65. The molecule has 0 spiro atoms. The maximum absolute atomic E-state index is 3.74. The summed E-state index contributed by atoms with van der Waals surface area (Å²) in [6.45, 7) is 3.23. The highest BCUT2D eigenvalue weighted by molar-refractivity contribution is 5.55. The number of anilines is 1. The van der Waals surface area contributed by atoms with E-state index < -0.39 is 0 Å². The topological polar surface area (TPSA) is 15.3 Å². The zero-order valence-corrected chi connectivity index (χ0v) is 12.3. The number of rotatable bonds is 3. The lowest BCUT2D eigenvalue weighted by atomic mass is 10.1. The quantitative estimate of drug-likeness (QED) is 0.920. The highest BCUT2D eigenvalue weighted by Crippen LogP contribution is 2.34. The van der Waals surface area contributed by atoms with Crippen molar-refractivity contribution in [3.8, 4) is 0 Å². The molecule has 0 saturated heterocycles. The van der Waals surface area contributed by atoms with Crippen LogP contribution in [0.15, 0.2) is 54.6 Å². The van der Waals surface area contributed by atoms with Crippen molar-refractivity contribution in [2.75, 3.05) is 18.0 Å². The van der Waals surface area contributed by atoms with Crippen LogP contribution in [0.25, 0.3) is 0 Å². The number of hydrogen-bond donors (Lipinski definition) is 1. The van der Waals surface area contributed by atoms with Gasteiger partial charge in [-0.1, -0.05) is 48.5 Å². The molecule has 108 valence electrons. The molecule has 0 bridgehead atoms. The molecule has 1 aliphatic heterocycles. The molecule has 1 N–H and O–H groups in total. The molecule has 1 atom stereocenters. The lowest BCUT2D eigenvalue weighted by molar-refractivity contribution is 0.533. The summed E-state index contributed by atoms with van der Waals surface area (Å²) in [4.78, 5) is 2.60. The molecule has 1 heterocycles. The Kier molecular flexibility index (Phi) is 3.40. The van der Waals surface area contributed by atoms with Gasteiger partial charge in [-0.25, -0.2) is 0 Å². The van der Waals surface area contributed by atoms with Gasteiger partial charge in [0, 0.05) is 25.3 Å². The van der Waals surface area contributed by atoms with Crippen molar-refractivity contribution in [2.45, 2.75) is 25.4 Å². The summed E-state index contributed by atoms with van der Waals surface area (Å²) in [5, 5.41) is 3.74. The second-order valence-corrected chi connectivity index (χ2v) is 6.32. The van der Waals surface area contributed by atoms with Gasteiger partial charge in [-0.15, -0.1) is 0 Å². The number of nitrogens with one attached hydrogen (secondary N) is 1. The fourth-order valence-electron chi connectivity index (χ4n) is 3.28. The fourth-order valence-corrected chi connectivity index (χ4v) is 3.28. The van der Waals surface area contributed by atoms with E-state index in [0.717, 1.165) is 19.0 Å². The first kappa shape index (κ1) is 12.9. The van der Waals surface area contributed by atoms with E-state index in [-0.39, 0.29) is 0 Å². The molecule has 1 fully saturated rings. The monoisotopic (exact) mass is 278 g/mol. The minimum Gasteiger partial charge on any atom is -0.369 e. The zero-order chi connectivity index (χ0) is 14.1. The first-order valence-corrected chi connectivity index (χ1v) is 8.01. The largest absolute Gasteiger partial charge is 0.369 e. The van der Waals surface area contributed by atoms with Crippen LogP contribution in [0.5, 0.6) is 0 Å². The van der Waals surface area contributed by atoms with E-state index in [4.69, 9.17) is 0 Å². The van der Waals surface area contributed by atoms with Crippen molar-refractivity contribution in [2.24, 2.45) is 5.92 Å². The van der Waals surface area contributed by atoms with E-state index in [1.54, 1.807) is 0 Å².